The van der Waals surface area contributed by atoms with Crippen molar-refractivity contribution in [2.45, 2.75) is 38.6 Å². The molecular formula is C16H21NO2. The maximum Gasteiger partial charge on any atom is 0.174 e. The van der Waals surface area contributed by atoms with E-state index in [1.165, 1.54) is 13.3 Å². The van der Waals surface area contributed by atoms with Crippen LogP contribution in [0.5, 0.6) is 0 Å². The third-order valence-corrected chi connectivity index (χ3v) is 3.78. The summed E-state index contributed by atoms with van der Waals surface area (Å²) >= 11 is 0. The highest BCUT2D eigenvalue weighted by molar-refractivity contribution is 6.10. The van der Waals surface area contributed by atoms with E-state index in [1.807, 2.05) is 18.2 Å². The van der Waals surface area contributed by atoms with Crippen LogP contribution in [0.25, 0.3) is 0 Å². The van der Waals surface area contributed by atoms with Gasteiger partial charge in [0, 0.05) is 11.6 Å². The Hall–Kier alpha value is -1.48. The number of carbonyl (C=O) groups excluding carboxylic acids is 2. The van der Waals surface area contributed by atoms with Gasteiger partial charge in [0.2, 0.25) is 0 Å². The average molecular weight is 259 g/mol. The van der Waals surface area contributed by atoms with Gasteiger partial charge in [-0.1, -0.05) is 43.2 Å². The summed E-state index contributed by atoms with van der Waals surface area (Å²) in [6.07, 6.45) is 4.29. The van der Waals surface area contributed by atoms with E-state index in [0.717, 1.165) is 25.8 Å². The smallest absolute Gasteiger partial charge is 0.174 e. The normalized spacial score (nSPS) is 21.4. The van der Waals surface area contributed by atoms with Crippen molar-refractivity contribution in [1.29, 1.82) is 0 Å². The zero-order valence-electron chi connectivity index (χ0n) is 11.4. The molecule has 3 heteroatoms. The molecule has 1 aliphatic rings. The Labute approximate surface area is 114 Å². The Bertz CT molecular complexity index is 433. The molecule has 102 valence electrons. The van der Waals surface area contributed by atoms with Crippen LogP contribution >= 0.6 is 0 Å². The van der Waals surface area contributed by atoms with Crippen molar-refractivity contribution in [3.8, 4) is 0 Å². The van der Waals surface area contributed by atoms with Gasteiger partial charge in [0.15, 0.2) is 5.78 Å². The molecule has 19 heavy (non-hydrogen) atoms. The van der Waals surface area contributed by atoms with Gasteiger partial charge in [-0.2, -0.15) is 0 Å². The summed E-state index contributed by atoms with van der Waals surface area (Å²) in [5.41, 5.74) is 0.633. The molecule has 1 heterocycles. The van der Waals surface area contributed by atoms with Crippen LogP contribution in [0.3, 0.4) is 0 Å². The Kier molecular flexibility index (Phi) is 4.86. The van der Waals surface area contributed by atoms with Crippen LogP contribution in [0.2, 0.25) is 0 Å². The van der Waals surface area contributed by atoms with Crippen molar-refractivity contribution in [1.82, 2.24) is 5.32 Å². The van der Waals surface area contributed by atoms with Gasteiger partial charge < -0.3 is 5.32 Å². The summed E-state index contributed by atoms with van der Waals surface area (Å²) in [6, 6.07) is 9.12. The lowest BCUT2D eigenvalue weighted by atomic mass is 9.85. The standard InChI is InChI=1S/C16H21NO2/c1-12(18)15(14-10-6-3-7-11-17-14)16(19)13-8-4-2-5-9-13/h2,4-5,8-9,14-15,17H,3,6-7,10-11H2,1H3. The van der Waals surface area contributed by atoms with Crippen LogP contribution in [0.4, 0.5) is 0 Å². The Balaban J connectivity index is 2.19. The minimum atomic E-state index is -0.541. The van der Waals surface area contributed by atoms with Crippen molar-refractivity contribution < 1.29 is 9.59 Å². The number of hydrogen-bond acceptors (Lipinski definition) is 3. The highest BCUT2D eigenvalue weighted by Crippen LogP contribution is 2.20. The molecule has 0 saturated carbocycles. The van der Waals surface area contributed by atoms with Crippen LogP contribution < -0.4 is 5.32 Å². The molecule has 0 spiro atoms. The van der Waals surface area contributed by atoms with Crippen molar-refractivity contribution in [3.05, 3.63) is 35.9 Å². The van der Waals surface area contributed by atoms with Crippen LogP contribution in [-0.4, -0.2) is 24.2 Å². The highest BCUT2D eigenvalue weighted by atomic mass is 16.1. The maximum atomic E-state index is 12.5. The topological polar surface area (TPSA) is 46.2 Å². The molecule has 0 radical (unpaired) electrons. The van der Waals surface area contributed by atoms with E-state index in [0.29, 0.717) is 5.56 Å². The number of benzene rings is 1. The summed E-state index contributed by atoms with van der Waals surface area (Å²) in [5, 5.41) is 3.37. The summed E-state index contributed by atoms with van der Waals surface area (Å²) < 4.78 is 0. The zero-order chi connectivity index (χ0) is 13.7. The third-order valence-electron chi connectivity index (χ3n) is 3.78. The largest absolute Gasteiger partial charge is 0.313 e. The van der Waals surface area contributed by atoms with E-state index < -0.39 is 5.92 Å². The molecule has 0 aromatic heterocycles. The Morgan fingerprint density at radius 1 is 1.16 bits per heavy atom. The van der Waals surface area contributed by atoms with E-state index >= 15 is 0 Å². The predicted molar refractivity (Wildman–Crippen MR) is 75.2 cm³/mol. The number of ketones is 2. The van der Waals surface area contributed by atoms with E-state index in [1.54, 1.807) is 12.1 Å². The lowest BCUT2D eigenvalue weighted by Gasteiger charge is -2.23. The Morgan fingerprint density at radius 2 is 1.89 bits per heavy atom. The van der Waals surface area contributed by atoms with Gasteiger partial charge in [0.1, 0.15) is 5.78 Å². The lowest BCUT2D eigenvalue weighted by Crippen LogP contribution is -2.43. The fourth-order valence-electron chi connectivity index (χ4n) is 2.77. The van der Waals surface area contributed by atoms with E-state index in [4.69, 9.17) is 0 Å². The van der Waals surface area contributed by atoms with Crippen molar-refractivity contribution >= 4 is 11.6 Å². The number of hydrogen-bond donors (Lipinski definition) is 1. The molecule has 1 aromatic carbocycles. The maximum absolute atomic E-state index is 12.5. The van der Waals surface area contributed by atoms with Crippen molar-refractivity contribution in [3.63, 3.8) is 0 Å². The first-order valence-electron chi connectivity index (χ1n) is 7.03. The van der Waals surface area contributed by atoms with E-state index in [2.05, 4.69) is 5.32 Å². The lowest BCUT2D eigenvalue weighted by molar-refractivity contribution is -0.120. The SMILES string of the molecule is CC(=O)C(C(=O)c1ccccc1)C1CCCCCN1. The molecule has 2 atom stereocenters. The van der Waals surface area contributed by atoms with Gasteiger partial charge in [-0.05, 0) is 26.3 Å². The number of carbonyl (C=O) groups is 2. The number of nitrogens with one attached hydrogen (secondary N) is 1. The quantitative estimate of drug-likeness (QED) is 0.668. The minimum absolute atomic E-state index is 0.00675. The fraction of sp³-hybridized carbons (Fsp3) is 0.500. The molecule has 1 aromatic rings. The molecule has 1 N–H and O–H groups in total. The summed E-state index contributed by atoms with van der Waals surface area (Å²) in [6.45, 7) is 2.43. The Morgan fingerprint density at radius 3 is 2.58 bits per heavy atom. The zero-order valence-corrected chi connectivity index (χ0v) is 11.4. The van der Waals surface area contributed by atoms with Crippen LogP contribution in [0.15, 0.2) is 30.3 Å². The molecule has 0 amide bonds. The van der Waals surface area contributed by atoms with Crippen molar-refractivity contribution in [2.24, 2.45) is 5.92 Å². The number of Topliss-reactive ketones (excluding diaryl/α,β-unsaturated/α-hetero) is 2. The van der Waals surface area contributed by atoms with Gasteiger partial charge in [-0.15, -0.1) is 0 Å². The molecule has 0 aliphatic carbocycles. The first kappa shape index (κ1) is 13.9. The average Bonchev–Trinajstić information content (AvgIpc) is 2.68. The van der Waals surface area contributed by atoms with Crippen LogP contribution in [0.1, 0.15) is 43.0 Å². The van der Waals surface area contributed by atoms with E-state index in [9.17, 15) is 9.59 Å². The van der Waals surface area contributed by atoms with Crippen LogP contribution in [-0.2, 0) is 4.79 Å². The minimum Gasteiger partial charge on any atom is -0.313 e. The first-order valence-corrected chi connectivity index (χ1v) is 7.03. The third kappa shape index (κ3) is 3.51. The molecule has 2 rings (SSSR count). The molecule has 3 nitrogen and oxygen atoms in total. The van der Waals surface area contributed by atoms with Gasteiger partial charge in [0.25, 0.3) is 0 Å². The van der Waals surface area contributed by atoms with Gasteiger partial charge >= 0.3 is 0 Å². The molecular weight excluding hydrogens is 238 g/mol. The van der Waals surface area contributed by atoms with E-state index in [-0.39, 0.29) is 17.6 Å². The molecule has 1 saturated heterocycles. The predicted octanol–water partition coefficient (Wildman–Crippen LogP) is 2.61. The highest BCUT2D eigenvalue weighted by Gasteiger charge is 2.32. The summed E-state index contributed by atoms with van der Waals surface area (Å²) in [5.74, 6) is -0.624. The van der Waals surface area contributed by atoms with Crippen LogP contribution in [0, 0.1) is 5.92 Å². The summed E-state index contributed by atoms with van der Waals surface area (Å²) in [4.78, 5) is 24.4. The number of rotatable bonds is 4. The van der Waals surface area contributed by atoms with Crippen molar-refractivity contribution in [2.75, 3.05) is 6.54 Å². The molecule has 2 unspecified atom stereocenters. The van der Waals surface area contributed by atoms with Gasteiger partial charge in [0.05, 0.1) is 5.92 Å². The fourth-order valence-corrected chi connectivity index (χ4v) is 2.77. The molecule has 1 aliphatic heterocycles. The molecule has 1 fully saturated rings. The second kappa shape index (κ2) is 6.62. The van der Waals surface area contributed by atoms with Gasteiger partial charge in [-0.3, -0.25) is 9.59 Å². The second-order valence-corrected chi connectivity index (χ2v) is 5.23. The monoisotopic (exact) mass is 259 g/mol. The molecule has 0 bridgehead atoms. The first-order chi connectivity index (χ1) is 9.20. The second-order valence-electron chi connectivity index (χ2n) is 5.23. The van der Waals surface area contributed by atoms with Gasteiger partial charge in [-0.25, -0.2) is 0 Å². The summed E-state index contributed by atoms with van der Waals surface area (Å²) in [7, 11) is 0.